The molecule has 2 saturated heterocycles. The molecule has 3 amide bonds. The van der Waals surface area contributed by atoms with E-state index < -0.39 is 0 Å². The van der Waals surface area contributed by atoms with Crippen molar-refractivity contribution in [3.63, 3.8) is 0 Å². The van der Waals surface area contributed by atoms with Gasteiger partial charge in [-0.25, -0.2) is 4.98 Å². The van der Waals surface area contributed by atoms with Gasteiger partial charge in [0.1, 0.15) is 12.1 Å². The minimum Gasteiger partial charge on any atom is -0.472 e. The first-order valence-corrected chi connectivity index (χ1v) is 9.70. The van der Waals surface area contributed by atoms with Crippen LogP contribution in [0.25, 0.3) is 0 Å². The van der Waals surface area contributed by atoms with Gasteiger partial charge >= 0.3 is 0 Å². The topological polar surface area (TPSA) is 108 Å². The van der Waals surface area contributed by atoms with Gasteiger partial charge in [-0.1, -0.05) is 0 Å². The molecule has 29 heavy (non-hydrogen) atoms. The van der Waals surface area contributed by atoms with Crippen LogP contribution in [-0.2, 0) is 9.59 Å². The molecule has 9 nitrogen and oxygen atoms in total. The van der Waals surface area contributed by atoms with Gasteiger partial charge < -0.3 is 24.9 Å². The number of piperidine rings is 1. The number of nitrogens with one attached hydrogen (secondary N) is 2. The maximum Gasteiger partial charge on any atom is 0.257 e. The number of nitrogens with zero attached hydrogens (tertiary/aromatic N) is 3. The van der Waals surface area contributed by atoms with Crippen molar-refractivity contribution in [2.24, 2.45) is 5.92 Å². The predicted octanol–water partition coefficient (Wildman–Crippen LogP) is 1.10. The first-order valence-electron chi connectivity index (χ1n) is 9.70. The lowest BCUT2D eigenvalue weighted by molar-refractivity contribution is -0.121. The molecule has 0 aromatic carbocycles. The lowest BCUT2D eigenvalue weighted by Gasteiger charge is -2.31. The molecular formula is C20H23N5O4. The lowest BCUT2D eigenvalue weighted by Crippen LogP contribution is -2.48. The number of carbonyl (C=O) groups is 3. The van der Waals surface area contributed by atoms with Crippen LogP contribution in [0.2, 0.25) is 0 Å². The Morgan fingerprint density at radius 2 is 2.00 bits per heavy atom. The van der Waals surface area contributed by atoms with Gasteiger partial charge in [0.05, 0.1) is 30.3 Å². The molecule has 2 aliphatic heterocycles. The van der Waals surface area contributed by atoms with E-state index in [0.717, 1.165) is 0 Å². The fourth-order valence-electron chi connectivity index (χ4n) is 3.64. The summed E-state index contributed by atoms with van der Waals surface area (Å²) < 4.78 is 4.96. The second kappa shape index (κ2) is 8.34. The summed E-state index contributed by atoms with van der Waals surface area (Å²) in [6.07, 6.45) is 5.76. The van der Waals surface area contributed by atoms with E-state index in [1.165, 1.54) is 12.5 Å². The summed E-state index contributed by atoms with van der Waals surface area (Å²) in [5.41, 5.74) is 1.15. The SMILES string of the molecule is O=C1CN(c2ccc(NC(=O)C3CCN(C(=O)c4ccoc4)CC3)cn2)CCN1. The van der Waals surface area contributed by atoms with Gasteiger partial charge in [0, 0.05) is 32.1 Å². The van der Waals surface area contributed by atoms with Crippen LogP contribution in [0.5, 0.6) is 0 Å². The van der Waals surface area contributed by atoms with Gasteiger partial charge in [-0.05, 0) is 31.0 Å². The van der Waals surface area contributed by atoms with Gasteiger partial charge in [0.15, 0.2) is 0 Å². The van der Waals surface area contributed by atoms with Gasteiger partial charge in [-0.3, -0.25) is 14.4 Å². The highest BCUT2D eigenvalue weighted by Gasteiger charge is 2.28. The Labute approximate surface area is 168 Å². The van der Waals surface area contributed by atoms with Crippen molar-refractivity contribution in [3.8, 4) is 0 Å². The van der Waals surface area contributed by atoms with E-state index >= 15 is 0 Å². The second-order valence-electron chi connectivity index (χ2n) is 7.24. The van der Waals surface area contributed by atoms with Gasteiger partial charge in [-0.2, -0.15) is 0 Å². The maximum absolute atomic E-state index is 12.6. The van der Waals surface area contributed by atoms with E-state index in [0.29, 0.717) is 56.1 Å². The number of hydrogen-bond acceptors (Lipinski definition) is 6. The van der Waals surface area contributed by atoms with Crippen LogP contribution in [0.1, 0.15) is 23.2 Å². The fourth-order valence-corrected chi connectivity index (χ4v) is 3.64. The average Bonchev–Trinajstić information content (AvgIpc) is 3.29. The largest absolute Gasteiger partial charge is 0.472 e. The molecule has 4 heterocycles. The summed E-state index contributed by atoms with van der Waals surface area (Å²) in [6.45, 7) is 2.67. The van der Waals surface area contributed by atoms with Crippen molar-refractivity contribution < 1.29 is 18.8 Å². The molecule has 2 N–H and O–H groups in total. The van der Waals surface area contributed by atoms with Gasteiger partial charge in [-0.15, -0.1) is 0 Å². The van der Waals surface area contributed by atoms with Crippen LogP contribution in [0.4, 0.5) is 11.5 Å². The highest BCUT2D eigenvalue weighted by Crippen LogP contribution is 2.22. The summed E-state index contributed by atoms with van der Waals surface area (Å²) in [4.78, 5) is 44.4. The third-order valence-corrected chi connectivity index (χ3v) is 5.30. The number of amides is 3. The van der Waals surface area contributed by atoms with Crippen LogP contribution in [-0.4, -0.2) is 60.3 Å². The number of likely N-dealkylation sites (tertiary alicyclic amines) is 1. The summed E-state index contributed by atoms with van der Waals surface area (Å²) in [5.74, 6) is 0.418. The van der Waals surface area contributed by atoms with Crippen LogP contribution in [0.3, 0.4) is 0 Å². The molecule has 0 bridgehead atoms. The number of hydrogen-bond donors (Lipinski definition) is 2. The number of rotatable bonds is 4. The number of furan rings is 1. The van der Waals surface area contributed by atoms with E-state index in [-0.39, 0.29) is 30.2 Å². The number of pyridine rings is 1. The first-order chi connectivity index (χ1) is 14.1. The molecule has 0 saturated carbocycles. The lowest BCUT2D eigenvalue weighted by atomic mass is 9.95. The highest BCUT2D eigenvalue weighted by molar-refractivity contribution is 5.95. The second-order valence-corrected chi connectivity index (χ2v) is 7.24. The predicted molar refractivity (Wildman–Crippen MR) is 105 cm³/mol. The van der Waals surface area contributed by atoms with Crippen molar-refractivity contribution in [2.75, 3.05) is 42.9 Å². The van der Waals surface area contributed by atoms with Crippen molar-refractivity contribution >= 4 is 29.2 Å². The van der Waals surface area contributed by atoms with Crippen molar-refractivity contribution in [1.29, 1.82) is 0 Å². The normalized spacial score (nSPS) is 17.7. The minimum absolute atomic E-state index is 0.0203. The molecule has 2 fully saturated rings. The first kappa shape index (κ1) is 19.0. The van der Waals surface area contributed by atoms with E-state index in [1.54, 1.807) is 29.3 Å². The molecule has 152 valence electrons. The van der Waals surface area contributed by atoms with Crippen LogP contribution in [0.15, 0.2) is 41.3 Å². The molecule has 0 spiro atoms. The molecule has 0 atom stereocenters. The number of anilines is 2. The molecule has 2 aliphatic rings. The molecule has 0 radical (unpaired) electrons. The monoisotopic (exact) mass is 397 g/mol. The van der Waals surface area contributed by atoms with Crippen LogP contribution < -0.4 is 15.5 Å². The van der Waals surface area contributed by atoms with Crippen LogP contribution >= 0.6 is 0 Å². The Morgan fingerprint density at radius 1 is 1.17 bits per heavy atom. The zero-order chi connectivity index (χ0) is 20.2. The molecule has 2 aromatic heterocycles. The molecular weight excluding hydrogens is 374 g/mol. The summed E-state index contributed by atoms with van der Waals surface area (Å²) in [6, 6.07) is 5.25. The van der Waals surface area contributed by atoms with Crippen molar-refractivity contribution in [2.45, 2.75) is 12.8 Å². The van der Waals surface area contributed by atoms with E-state index in [2.05, 4.69) is 15.6 Å². The molecule has 0 aliphatic carbocycles. The van der Waals surface area contributed by atoms with Crippen molar-refractivity contribution in [3.05, 3.63) is 42.5 Å². The number of aromatic nitrogens is 1. The Bertz CT molecular complexity index is 873. The quantitative estimate of drug-likeness (QED) is 0.800. The zero-order valence-electron chi connectivity index (χ0n) is 16.0. The highest BCUT2D eigenvalue weighted by atomic mass is 16.3. The van der Waals surface area contributed by atoms with E-state index in [4.69, 9.17) is 4.42 Å². The Balaban J connectivity index is 1.28. The van der Waals surface area contributed by atoms with Gasteiger partial charge in [0.25, 0.3) is 5.91 Å². The standard InChI is InChI=1S/C20H23N5O4/c26-18-12-25(9-6-21-18)17-2-1-16(11-22-17)23-19(27)14-3-7-24(8-4-14)20(28)15-5-10-29-13-15/h1-2,5,10-11,13-14H,3-4,6-9,12H2,(H,21,26)(H,23,27). The third-order valence-electron chi connectivity index (χ3n) is 5.30. The van der Waals surface area contributed by atoms with E-state index in [1.807, 2.05) is 4.90 Å². The maximum atomic E-state index is 12.6. The van der Waals surface area contributed by atoms with Crippen LogP contribution in [0, 0.1) is 5.92 Å². The van der Waals surface area contributed by atoms with E-state index in [9.17, 15) is 14.4 Å². The molecule has 0 unspecified atom stereocenters. The van der Waals surface area contributed by atoms with Crippen molar-refractivity contribution in [1.82, 2.24) is 15.2 Å². The summed E-state index contributed by atoms with van der Waals surface area (Å²) in [7, 11) is 0. The molecule has 9 heteroatoms. The minimum atomic E-state index is -0.145. The Hall–Kier alpha value is -3.36. The Morgan fingerprint density at radius 3 is 2.66 bits per heavy atom. The molecule has 2 aromatic rings. The average molecular weight is 397 g/mol. The number of carbonyl (C=O) groups excluding carboxylic acids is 3. The smallest absolute Gasteiger partial charge is 0.257 e. The Kier molecular flexibility index (Phi) is 5.46. The summed E-state index contributed by atoms with van der Waals surface area (Å²) >= 11 is 0. The molecule has 4 rings (SSSR count). The van der Waals surface area contributed by atoms with Gasteiger partial charge in [0.2, 0.25) is 11.8 Å². The third kappa shape index (κ3) is 4.39. The fraction of sp³-hybridized carbons (Fsp3) is 0.400. The zero-order valence-corrected chi connectivity index (χ0v) is 16.0. The summed E-state index contributed by atoms with van der Waals surface area (Å²) in [5, 5.41) is 5.68. The number of piperazine rings is 1.